The van der Waals surface area contributed by atoms with Crippen molar-refractivity contribution in [1.29, 1.82) is 47.4 Å². The number of nitriles is 9. The predicted molar refractivity (Wildman–Crippen MR) is 587 cm³/mol. The molecule has 0 radical (unpaired) electrons. The van der Waals surface area contributed by atoms with E-state index in [0.29, 0.717) is 85.0 Å². The molecular weight excluding hydrogens is 1840 g/mol. The molecule has 27 aromatic rings. The standard InChI is InChI=1S/3C43H23N7/c44-23-27-6-5-7-30(18-27)32-8-1-2-9-33(32)31-21-42(48-43(22-31)50-38-11-4-3-10-34(38)35-16-17-47-26-41(35)50)49-39-14-12-28(24-45)19-36(39)37-20-29(25-46)13-15-40(37)49;44-23-27-13-15-39-36(19-27)37-20-28(24-45)14-16-40(37)49(39)42-21-30(32-9-3-4-10-33(32)31-8-2-1-7-29(31)25-46)22-43(48-42)50-38-12-6-5-11-34(38)35-17-18-47-26-41(35)50;44-23-27-9-13-30(14-10-27)32-5-1-2-6-33(32)31-21-42(48-43(22-31)50-38-8-4-3-7-34(38)35-17-18-47-26-41(35)50)49-39-15-11-28(24-45)19-36(39)37-20-29(25-46)12-16-40(37)49/h3*1-22,26H. The predicted octanol–water partition coefficient (Wildman–Crippen LogP) is 28.9. The maximum absolute atomic E-state index is 10.0. The number of aromatic nitrogens is 12. The largest absolute Gasteiger partial charge is 0.294 e. The molecule has 0 saturated heterocycles. The van der Waals surface area contributed by atoms with Crippen LogP contribution < -0.4 is 0 Å². The lowest BCUT2D eigenvalue weighted by Crippen LogP contribution is -2.05. The molecule has 0 fully saturated rings. The van der Waals surface area contributed by atoms with Crippen molar-refractivity contribution in [3.63, 3.8) is 0 Å². The Morgan fingerprint density at radius 2 is 0.393 bits per heavy atom. The fraction of sp³-hybridized carbons (Fsp3) is 0. The van der Waals surface area contributed by atoms with Crippen molar-refractivity contribution < 1.29 is 0 Å². The van der Waals surface area contributed by atoms with E-state index in [9.17, 15) is 47.4 Å². The van der Waals surface area contributed by atoms with Crippen LogP contribution in [0.1, 0.15) is 50.1 Å². The highest BCUT2D eigenvalue weighted by molar-refractivity contribution is 6.16. The Labute approximate surface area is 855 Å². The molecule has 0 atom stereocenters. The maximum Gasteiger partial charge on any atom is 0.140 e. The van der Waals surface area contributed by atoms with Gasteiger partial charge in [-0.3, -0.25) is 42.4 Å². The van der Waals surface area contributed by atoms with Crippen molar-refractivity contribution >= 4 is 131 Å². The van der Waals surface area contributed by atoms with Gasteiger partial charge in [0.25, 0.3) is 0 Å². The van der Waals surface area contributed by atoms with E-state index in [0.717, 1.165) is 198 Å². The lowest BCUT2D eigenvalue weighted by Gasteiger charge is -2.17. The van der Waals surface area contributed by atoms with Gasteiger partial charge in [0.2, 0.25) is 0 Å². The van der Waals surface area contributed by atoms with Crippen LogP contribution in [0.25, 0.3) is 233 Å². The number of fused-ring (bicyclic) bond motifs is 18. The van der Waals surface area contributed by atoms with E-state index in [-0.39, 0.29) is 0 Å². The molecule has 0 bridgehead atoms. The molecule has 0 unspecified atom stereocenters. The Morgan fingerprint density at radius 1 is 0.153 bits per heavy atom. The third-order valence-corrected chi connectivity index (χ3v) is 27.9. The quantitative estimate of drug-likeness (QED) is 0.110. The smallest absolute Gasteiger partial charge is 0.140 e. The van der Waals surface area contributed by atoms with Crippen LogP contribution in [0.4, 0.5) is 0 Å². The normalized spacial score (nSPS) is 11.1. The average molecular weight is 1910 g/mol. The molecule has 0 aliphatic rings. The Kier molecular flexibility index (Phi) is 21.8. The molecule has 0 spiro atoms. The van der Waals surface area contributed by atoms with Crippen LogP contribution in [0.15, 0.2) is 419 Å². The molecule has 27 rings (SSSR count). The van der Waals surface area contributed by atoms with Crippen LogP contribution in [0, 0.1) is 102 Å². The first-order chi connectivity index (χ1) is 73.9. The maximum atomic E-state index is 10.0. The van der Waals surface area contributed by atoms with Crippen LogP contribution in [-0.4, -0.2) is 57.3 Å². The Hall–Kier alpha value is -22.6. The highest BCUT2D eigenvalue weighted by atomic mass is 15.2. The minimum atomic E-state index is 0.532. The summed E-state index contributed by atoms with van der Waals surface area (Å²) in [5.74, 6) is 4.11. The number of rotatable bonds is 12. The molecule has 0 aliphatic carbocycles. The fourth-order valence-corrected chi connectivity index (χ4v) is 21.3. The number of hydrogen-bond donors (Lipinski definition) is 0. The van der Waals surface area contributed by atoms with Crippen molar-refractivity contribution in [1.82, 2.24) is 57.3 Å². The molecule has 21 heteroatoms. The van der Waals surface area contributed by atoms with Crippen molar-refractivity contribution in [3.8, 4) is 156 Å². The van der Waals surface area contributed by atoms with Crippen LogP contribution >= 0.6 is 0 Å². The molecule has 12 aromatic heterocycles. The summed E-state index contributed by atoms with van der Waals surface area (Å²) in [7, 11) is 0. The summed E-state index contributed by atoms with van der Waals surface area (Å²) in [5, 5.41) is 99.5. The molecule has 0 saturated carbocycles. The fourth-order valence-electron chi connectivity index (χ4n) is 21.3. The number of pyridine rings is 6. The van der Waals surface area contributed by atoms with Gasteiger partial charge in [-0.1, -0.05) is 170 Å². The van der Waals surface area contributed by atoms with Gasteiger partial charge in [0.15, 0.2) is 0 Å². The number of para-hydroxylation sites is 3. The van der Waals surface area contributed by atoms with Gasteiger partial charge in [-0.15, -0.1) is 0 Å². The van der Waals surface area contributed by atoms with Crippen LogP contribution in [0.5, 0.6) is 0 Å². The molecule has 15 aromatic carbocycles. The molecule has 690 valence electrons. The summed E-state index contributed by atoms with van der Waals surface area (Å²) in [6.45, 7) is 0. The van der Waals surface area contributed by atoms with E-state index in [4.69, 9.17) is 15.0 Å². The van der Waals surface area contributed by atoms with Crippen LogP contribution in [-0.2, 0) is 0 Å². The third kappa shape index (κ3) is 15.0. The summed E-state index contributed by atoms with van der Waals surface area (Å²) in [6, 6.07) is 145. The third-order valence-electron chi connectivity index (χ3n) is 27.9. The Morgan fingerprint density at radius 3 is 0.707 bits per heavy atom. The average Bonchev–Trinajstić information content (AvgIpc) is 1.58. The van der Waals surface area contributed by atoms with E-state index < -0.39 is 0 Å². The monoisotopic (exact) mass is 1910 g/mol. The van der Waals surface area contributed by atoms with Crippen LogP contribution in [0.2, 0.25) is 0 Å². The first-order valence-electron chi connectivity index (χ1n) is 48.0. The van der Waals surface area contributed by atoms with Gasteiger partial charge in [0.05, 0.1) is 189 Å². The first-order valence-corrected chi connectivity index (χ1v) is 48.0. The van der Waals surface area contributed by atoms with Gasteiger partial charge in [0, 0.05) is 88.8 Å². The lowest BCUT2D eigenvalue weighted by molar-refractivity contribution is 1.01. The summed E-state index contributed by atoms with van der Waals surface area (Å²) >= 11 is 0. The van der Waals surface area contributed by atoms with Gasteiger partial charge in [-0.25, -0.2) is 15.0 Å². The second kappa shape index (κ2) is 36.8. The van der Waals surface area contributed by atoms with E-state index in [1.165, 1.54) is 0 Å². The van der Waals surface area contributed by atoms with Crippen molar-refractivity contribution in [2.24, 2.45) is 0 Å². The zero-order valence-electron chi connectivity index (χ0n) is 79.2. The van der Waals surface area contributed by atoms with Crippen molar-refractivity contribution in [3.05, 3.63) is 469 Å². The minimum absolute atomic E-state index is 0.532. The number of benzene rings is 15. The number of nitrogens with zero attached hydrogens (tertiary/aromatic N) is 21. The topological polar surface area (TPSA) is 321 Å². The van der Waals surface area contributed by atoms with E-state index >= 15 is 0 Å². The van der Waals surface area contributed by atoms with Gasteiger partial charge >= 0.3 is 0 Å². The SMILES string of the molecule is N#Cc1ccc(-c2ccccc2-c2cc(-n3c4ccc(C#N)cc4c4cc(C#N)ccc43)nc(-n3c4ccccc4c4ccncc43)c2)cc1.N#Cc1ccc2c(c1)c1cc(C#N)ccc1n2-c1cc(-c2ccccc2-c2ccccc2C#N)cc(-n2c3ccccc3c3ccncc32)n1.N#Cc1cccc(-c2ccccc2-c2cc(-n3c4ccc(C#N)cc4c4cc(C#N)ccc43)nc(-n3c4ccccc4c4ccncc43)c2)c1. The first kappa shape index (κ1) is 88.8. The zero-order valence-corrected chi connectivity index (χ0v) is 79.2. The van der Waals surface area contributed by atoms with Gasteiger partial charge in [-0.2, -0.15) is 47.4 Å². The van der Waals surface area contributed by atoms with Gasteiger partial charge in [0.1, 0.15) is 34.9 Å². The molecule has 12 heterocycles. The molecule has 0 N–H and O–H groups in total. The van der Waals surface area contributed by atoms with Gasteiger partial charge < -0.3 is 0 Å². The molecular formula is C129H69N21. The van der Waals surface area contributed by atoms with Crippen molar-refractivity contribution in [2.45, 2.75) is 0 Å². The van der Waals surface area contributed by atoms with E-state index in [1.54, 1.807) is 18.3 Å². The number of hydrogen-bond acceptors (Lipinski definition) is 15. The molecule has 0 aliphatic heterocycles. The molecule has 150 heavy (non-hydrogen) atoms. The highest BCUT2D eigenvalue weighted by Gasteiger charge is 2.28. The van der Waals surface area contributed by atoms with E-state index in [1.807, 2.05) is 298 Å². The van der Waals surface area contributed by atoms with Gasteiger partial charge in [-0.05, 0) is 274 Å². The second-order valence-electron chi connectivity index (χ2n) is 36.2. The lowest BCUT2D eigenvalue weighted by atomic mass is 9.92. The Balaban J connectivity index is 0.000000116. The summed E-state index contributed by atoms with van der Waals surface area (Å²) < 4.78 is 12.8. The Bertz CT molecular complexity index is 10500. The minimum Gasteiger partial charge on any atom is -0.294 e. The molecule has 21 nitrogen and oxygen atoms in total. The second-order valence-corrected chi connectivity index (χ2v) is 36.2. The summed E-state index contributed by atoms with van der Waals surface area (Å²) in [5.41, 5.74) is 27.3. The molecule has 0 amide bonds. The van der Waals surface area contributed by atoms with E-state index in [2.05, 4.69) is 200 Å². The highest BCUT2D eigenvalue weighted by Crippen LogP contribution is 2.47. The zero-order chi connectivity index (χ0) is 101. The summed E-state index contributed by atoms with van der Waals surface area (Å²) in [4.78, 5) is 29.6. The van der Waals surface area contributed by atoms with Crippen LogP contribution in [0.3, 0.4) is 0 Å². The van der Waals surface area contributed by atoms with Crippen molar-refractivity contribution in [2.75, 3.05) is 0 Å². The summed E-state index contributed by atoms with van der Waals surface area (Å²) in [6.07, 6.45) is 11.0.